The van der Waals surface area contributed by atoms with Crippen LogP contribution in [0.15, 0.2) is 53.1 Å². The van der Waals surface area contributed by atoms with E-state index in [1.54, 1.807) is 6.92 Å². The molecule has 0 saturated heterocycles. The van der Waals surface area contributed by atoms with Gasteiger partial charge in [0.1, 0.15) is 12.6 Å². The van der Waals surface area contributed by atoms with Gasteiger partial charge >= 0.3 is 0 Å². The minimum absolute atomic E-state index is 0.278. The maximum Gasteiger partial charge on any atom is 0.213 e. The number of fused-ring (bicyclic) bond motifs is 3. The van der Waals surface area contributed by atoms with E-state index < -0.39 is 0 Å². The average Bonchev–Trinajstić information content (AvgIpc) is 2.91. The van der Waals surface area contributed by atoms with Crippen LogP contribution in [0.2, 0.25) is 0 Å². The number of hydrogen-bond donors (Lipinski definition) is 0. The molecule has 0 N–H and O–H groups in total. The zero-order chi connectivity index (χ0) is 16.1. The zero-order valence-electron chi connectivity index (χ0n) is 13.4. The highest BCUT2D eigenvalue weighted by Crippen LogP contribution is 2.38. The van der Waals surface area contributed by atoms with Crippen LogP contribution in [-0.2, 0) is 7.05 Å². The molecule has 0 radical (unpaired) electrons. The van der Waals surface area contributed by atoms with Crippen molar-refractivity contribution in [2.75, 3.05) is 0 Å². The molecule has 0 aliphatic carbocycles. The summed E-state index contributed by atoms with van der Waals surface area (Å²) in [5.41, 5.74) is 4.97. The van der Waals surface area contributed by atoms with Crippen LogP contribution < -0.4 is 4.57 Å². The lowest BCUT2D eigenvalue weighted by molar-refractivity contribution is -0.660. The lowest BCUT2D eigenvalue weighted by Gasteiger charge is -2.06. The van der Waals surface area contributed by atoms with E-state index >= 15 is 0 Å². The summed E-state index contributed by atoms with van der Waals surface area (Å²) < 4.78 is 22.4. The van der Waals surface area contributed by atoms with Gasteiger partial charge in [-0.1, -0.05) is 12.1 Å². The molecule has 2 aromatic carbocycles. The van der Waals surface area contributed by atoms with Gasteiger partial charge in [0.15, 0.2) is 17.6 Å². The number of hydrogen-bond acceptors (Lipinski definition) is 1. The summed E-state index contributed by atoms with van der Waals surface area (Å²) >= 11 is 0. The molecule has 0 unspecified atom stereocenters. The Morgan fingerprint density at radius 1 is 0.957 bits per heavy atom. The Bertz CT molecular complexity index is 1060. The van der Waals surface area contributed by atoms with Crippen molar-refractivity contribution >= 4 is 21.9 Å². The molecular weight excluding hydrogens is 289 g/mol. The average molecular weight is 306 g/mol. The molecule has 4 rings (SSSR count). The molecule has 4 aromatic rings. The van der Waals surface area contributed by atoms with Crippen molar-refractivity contribution in [3.05, 3.63) is 65.6 Å². The monoisotopic (exact) mass is 306 g/mol. The summed E-state index contributed by atoms with van der Waals surface area (Å²) in [6.45, 7) is 3.83. The Morgan fingerprint density at radius 3 is 2.52 bits per heavy atom. The zero-order valence-corrected chi connectivity index (χ0v) is 13.4. The van der Waals surface area contributed by atoms with E-state index in [4.69, 9.17) is 4.42 Å². The third kappa shape index (κ3) is 1.96. The van der Waals surface area contributed by atoms with E-state index in [1.165, 1.54) is 0 Å². The standard InChI is InChI=1S/C20H17FNO/c1-12-8-10-16-18(17(12)15-6-4-5-11-22(15)3)14-9-7-13(2)19(21)20(14)23-16/h4-11H,1-3H3/q+1. The second-order valence-corrected chi connectivity index (χ2v) is 6.00. The van der Waals surface area contributed by atoms with Gasteiger partial charge in [-0.2, -0.15) is 0 Å². The number of benzene rings is 2. The highest BCUT2D eigenvalue weighted by Gasteiger charge is 2.21. The van der Waals surface area contributed by atoms with Crippen LogP contribution in [0.1, 0.15) is 11.1 Å². The van der Waals surface area contributed by atoms with Crippen molar-refractivity contribution in [1.82, 2.24) is 0 Å². The van der Waals surface area contributed by atoms with E-state index in [1.807, 2.05) is 49.6 Å². The molecule has 23 heavy (non-hydrogen) atoms. The Labute approximate surface area is 133 Å². The van der Waals surface area contributed by atoms with Gasteiger partial charge in [0, 0.05) is 22.9 Å². The van der Waals surface area contributed by atoms with Crippen LogP contribution in [0.4, 0.5) is 4.39 Å². The molecule has 0 fully saturated rings. The van der Waals surface area contributed by atoms with Crippen molar-refractivity contribution in [3.63, 3.8) is 0 Å². The number of nitrogens with zero attached hydrogens (tertiary/aromatic N) is 1. The van der Waals surface area contributed by atoms with Crippen LogP contribution in [0.5, 0.6) is 0 Å². The van der Waals surface area contributed by atoms with E-state index in [9.17, 15) is 4.39 Å². The number of pyridine rings is 1. The van der Waals surface area contributed by atoms with Gasteiger partial charge in [-0.05, 0) is 43.2 Å². The fraction of sp³-hybridized carbons (Fsp3) is 0.150. The third-order valence-corrected chi connectivity index (χ3v) is 4.46. The van der Waals surface area contributed by atoms with Gasteiger partial charge in [0.05, 0.1) is 5.56 Å². The quantitative estimate of drug-likeness (QED) is 0.460. The fourth-order valence-electron chi connectivity index (χ4n) is 3.21. The lowest BCUT2D eigenvalue weighted by atomic mass is 9.97. The van der Waals surface area contributed by atoms with Crippen LogP contribution in [0.25, 0.3) is 33.2 Å². The molecule has 0 aliphatic heterocycles. The molecule has 0 amide bonds. The third-order valence-electron chi connectivity index (χ3n) is 4.46. The highest BCUT2D eigenvalue weighted by atomic mass is 19.1. The molecule has 2 aromatic heterocycles. The van der Waals surface area contributed by atoms with Crippen LogP contribution in [0, 0.1) is 19.7 Å². The van der Waals surface area contributed by atoms with Crippen LogP contribution >= 0.6 is 0 Å². The van der Waals surface area contributed by atoms with Crippen molar-refractivity contribution in [2.24, 2.45) is 7.05 Å². The molecule has 2 heterocycles. The van der Waals surface area contributed by atoms with Gasteiger partial charge < -0.3 is 4.42 Å². The summed E-state index contributed by atoms with van der Waals surface area (Å²) in [4.78, 5) is 0. The summed E-state index contributed by atoms with van der Waals surface area (Å²) in [6, 6.07) is 13.8. The molecule has 0 bridgehead atoms. The molecule has 0 atom stereocenters. The van der Waals surface area contributed by atoms with E-state index in [2.05, 4.69) is 17.6 Å². The van der Waals surface area contributed by atoms with Gasteiger partial charge in [-0.3, -0.25) is 0 Å². The van der Waals surface area contributed by atoms with Crippen molar-refractivity contribution in [1.29, 1.82) is 0 Å². The van der Waals surface area contributed by atoms with Crippen molar-refractivity contribution in [3.8, 4) is 11.3 Å². The number of furan rings is 1. The largest absolute Gasteiger partial charge is 0.453 e. The van der Waals surface area contributed by atoms with Gasteiger partial charge in [0.25, 0.3) is 0 Å². The first-order valence-electron chi connectivity index (χ1n) is 7.64. The van der Waals surface area contributed by atoms with Gasteiger partial charge in [-0.15, -0.1) is 0 Å². The molecule has 3 heteroatoms. The normalized spacial score (nSPS) is 11.5. The Hall–Kier alpha value is -2.68. The Kier molecular flexibility index (Phi) is 2.98. The molecule has 114 valence electrons. The predicted molar refractivity (Wildman–Crippen MR) is 89.8 cm³/mol. The summed E-state index contributed by atoms with van der Waals surface area (Å²) in [5, 5.41) is 1.80. The first kappa shape index (κ1) is 13.9. The highest BCUT2D eigenvalue weighted by molar-refractivity contribution is 6.12. The van der Waals surface area contributed by atoms with Crippen LogP contribution in [0.3, 0.4) is 0 Å². The SMILES string of the molecule is Cc1ccc2c(oc3ccc(C)c(-c4cccc[n+]4C)c32)c1F. The second-order valence-electron chi connectivity index (χ2n) is 6.00. The maximum atomic E-state index is 14.5. The number of aryl methyl sites for hydroxylation is 3. The summed E-state index contributed by atoms with van der Waals surface area (Å²) in [7, 11) is 2.01. The Morgan fingerprint density at radius 2 is 1.74 bits per heavy atom. The number of halogens is 1. The lowest BCUT2D eigenvalue weighted by Crippen LogP contribution is -2.30. The van der Waals surface area contributed by atoms with E-state index in [-0.39, 0.29) is 5.82 Å². The molecule has 0 aliphatic rings. The minimum Gasteiger partial charge on any atom is -0.453 e. The topological polar surface area (TPSA) is 17.0 Å². The van der Waals surface area contributed by atoms with E-state index in [0.29, 0.717) is 16.7 Å². The van der Waals surface area contributed by atoms with E-state index in [0.717, 1.165) is 27.6 Å². The number of aromatic nitrogens is 1. The molecule has 2 nitrogen and oxygen atoms in total. The smallest absolute Gasteiger partial charge is 0.213 e. The van der Waals surface area contributed by atoms with Crippen LogP contribution in [-0.4, -0.2) is 0 Å². The van der Waals surface area contributed by atoms with Gasteiger partial charge in [0.2, 0.25) is 5.69 Å². The van der Waals surface area contributed by atoms with Crippen molar-refractivity contribution in [2.45, 2.75) is 13.8 Å². The molecule has 0 spiro atoms. The first-order valence-corrected chi connectivity index (χ1v) is 7.64. The predicted octanol–water partition coefficient (Wildman–Crippen LogP) is 4.83. The summed E-state index contributed by atoms with van der Waals surface area (Å²) in [6.07, 6.45) is 2.01. The maximum absolute atomic E-state index is 14.5. The second kappa shape index (κ2) is 4.92. The van der Waals surface area contributed by atoms with Crippen molar-refractivity contribution < 1.29 is 13.4 Å². The Balaban J connectivity index is 2.22. The minimum atomic E-state index is -0.278. The fourth-order valence-corrected chi connectivity index (χ4v) is 3.21. The number of rotatable bonds is 1. The molecule has 0 saturated carbocycles. The summed E-state index contributed by atoms with van der Waals surface area (Å²) in [5.74, 6) is -0.278. The first-order chi connectivity index (χ1) is 11.1. The van der Waals surface area contributed by atoms with Gasteiger partial charge in [-0.25, -0.2) is 8.96 Å². The molecular formula is C20H17FNO+.